The van der Waals surface area contributed by atoms with Gasteiger partial charge in [0.15, 0.2) is 5.69 Å². The number of benzene rings is 2. The van der Waals surface area contributed by atoms with E-state index in [9.17, 15) is 14.0 Å². The third-order valence-corrected chi connectivity index (χ3v) is 6.60. The maximum absolute atomic E-state index is 14.2. The average Bonchev–Trinajstić information content (AvgIpc) is 3.61. The van der Waals surface area contributed by atoms with E-state index >= 15 is 0 Å². The van der Waals surface area contributed by atoms with Gasteiger partial charge in [-0.25, -0.2) is 14.0 Å². The molecule has 7 nitrogen and oxygen atoms in total. The van der Waals surface area contributed by atoms with Crippen LogP contribution in [-0.2, 0) is 0 Å². The van der Waals surface area contributed by atoms with Crippen LogP contribution in [0.4, 0.5) is 14.9 Å². The lowest BCUT2D eigenvalue weighted by Gasteiger charge is -2.32. The molecule has 1 saturated heterocycles. The second kappa shape index (κ2) is 8.72. The van der Waals surface area contributed by atoms with Gasteiger partial charge in [0, 0.05) is 36.9 Å². The van der Waals surface area contributed by atoms with Crippen LogP contribution in [0.5, 0.6) is 0 Å². The lowest BCUT2D eigenvalue weighted by Crippen LogP contribution is -2.60. The predicted molar refractivity (Wildman–Crippen MR) is 127 cm³/mol. The molecule has 2 aromatic carbocycles. The first-order chi connectivity index (χ1) is 16.5. The van der Waals surface area contributed by atoms with Gasteiger partial charge in [-0.3, -0.25) is 10.4 Å². The molecule has 0 saturated carbocycles. The maximum Gasteiger partial charge on any atom is 0.429 e. The number of carbonyl (C=O) groups is 2. The molecule has 1 aliphatic heterocycles. The van der Waals surface area contributed by atoms with Gasteiger partial charge in [-0.2, -0.15) is 9.58 Å². The van der Waals surface area contributed by atoms with Gasteiger partial charge in [-0.05, 0) is 43.3 Å². The molecule has 172 valence electrons. The normalized spacial score (nSPS) is 19.8. The first kappa shape index (κ1) is 21.8. The Hall–Kier alpha value is -4.04. The maximum atomic E-state index is 14.2. The number of halogens is 1. The van der Waals surface area contributed by atoms with Crippen molar-refractivity contribution in [3.8, 4) is 16.9 Å². The number of nitrogens with zero attached hydrogens (tertiary/aromatic N) is 3. The summed E-state index contributed by atoms with van der Waals surface area (Å²) >= 11 is 0. The van der Waals surface area contributed by atoms with Crippen LogP contribution in [0.1, 0.15) is 30.3 Å². The number of aromatic amines is 1. The molecule has 1 aliphatic rings. The van der Waals surface area contributed by atoms with Gasteiger partial charge in [-0.15, -0.1) is 0 Å². The van der Waals surface area contributed by atoms with E-state index < -0.39 is 11.8 Å². The number of hydrogen-bond donors (Lipinski definition) is 2. The zero-order valence-corrected chi connectivity index (χ0v) is 18.7. The fourth-order valence-electron chi connectivity index (χ4n) is 4.74. The van der Waals surface area contributed by atoms with Crippen LogP contribution in [0.2, 0.25) is 0 Å². The molecule has 4 aromatic rings. The van der Waals surface area contributed by atoms with Crippen molar-refractivity contribution in [1.29, 1.82) is 0 Å². The zero-order chi connectivity index (χ0) is 23.7. The number of rotatable bonds is 4. The van der Waals surface area contributed by atoms with Crippen LogP contribution in [-0.4, -0.2) is 43.8 Å². The van der Waals surface area contributed by atoms with E-state index in [0.717, 1.165) is 18.5 Å². The SMILES string of the molecule is C[C@@H]1CCC[N+]1(C(=O)Nc1ccccc1-n1cccc1)C(=O)c1cc(-c2ccccc2F)n[nH]1. The lowest BCUT2D eigenvalue weighted by atomic mass is 10.1. The number of carbonyl (C=O) groups excluding carboxylic acids is 2. The van der Waals surface area contributed by atoms with Crippen molar-refractivity contribution in [3.05, 3.63) is 90.6 Å². The summed E-state index contributed by atoms with van der Waals surface area (Å²) in [6.07, 6.45) is 5.28. The van der Waals surface area contributed by atoms with Crippen LogP contribution >= 0.6 is 0 Å². The van der Waals surface area contributed by atoms with E-state index in [2.05, 4.69) is 15.5 Å². The number of aromatic nitrogens is 3. The Morgan fingerprint density at radius 3 is 2.56 bits per heavy atom. The van der Waals surface area contributed by atoms with E-state index in [0.29, 0.717) is 23.5 Å². The van der Waals surface area contributed by atoms with E-state index in [4.69, 9.17) is 0 Å². The van der Waals surface area contributed by atoms with Gasteiger partial charge in [0.1, 0.15) is 11.9 Å². The molecule has 0 aliphatic carbocycles. The van der Waals surface area contributed by atoms with Crippen LogP contribution in [0.3, 0.4) is 0 Å². The highest BCUT2D eigenvalue weighted by atomic mass is 19.1. The number of likely N-dealkylation sites (tertiary alicyclic amines) is 1. The molecule has 5 rings (SSSR count). The summed E-state index contributed by atoms with van der Waals surface area (Å²) in [5, 5.41) is 9.90. The summed E-state index contributed by atoms with van der Waals surface area (Å²) < 4.78 is 15.8. The van der Waals surface area contributed by atoms with Crippen molar-refractivity contribution < 1.29 is 18.5 Å². The Morgan fingerprint density at radius 2 is 1.82 bits per heavy atom. The minimum atomic E-state index is -0.425. The average molecular weight is 459 g/mol. The number of para-hydroxylation sites is 2. The third-order valence-electron chi connectivity index (χ3n) is 6.60. The minimum Gasteiger partial charge on any atom is -0.322 e. The largest absolute Gasteiger partial charge is 0.429 e. The number of hydrogen-bond acceptors (Lipinski definition) is 3. The van der Waals surface area contributed by atoms with Crippen molar-refractivity contribution in [3.63, 3.8) is 0 Å². The second-order valence-corrected chi connectivity index (χ2v) is 8.57. The summed E-state index contributed by atoms with van der Waals surface area (Å²) in [6, 6.07) is 18.5. The van der Waals surface area contributed by atoms with Gasteiger partial charge in [0.05, 0.1) is 23.6 Å². The monoisotopic (exact) mass is 458 g/mol. The lowest BCUT2D eigenvalue weighted by molar-refractivity contribution is -0.775. The summed E-state index contributed by atoms with van der Waals surface area (Å²) in [4.78, 5) is 27.5. The molecule has 8 heteroatoms. The van der Waals surface area contributed by atoms with E-state index in [-0.39, 0.29) is 22.1 Å². The number of urea groups is 1. The number of imide groups is 1. The smallest absolute Gasteiger partial charge is 0.322 e. The third kappa shape index (κ3) is 3.62. The fourth-order valence-corrected chi connectivity index (χ4v) is 4.74. The Labute approximate surface area is 196 Å². The Morgan fingerprint density at radius 1 is 1.09 bits per heavy atom. The Kier molecular flexibility index (Phi) is 5.59. The van der Waals surface area contributed by atoms with Crippen LogP contribution < -0.4 is 5.32 Å². The highest BCUT2D eigenvalue weighted by molar-refractivity contribution is 6.00. The van der Waals surface area contributed by atoms with Crippen molar-refractivity contribution in [2.24, 2.45) is 0 Å². The predicted octanol–water partition coefficient (Wildman–Crippen LogP) is 5.38. The highest BCUT2D eigenvalue weighted by Gasteiger charge is 2.53. The Balaban J connectivity index is 1.48. The molecule has 2 N–H and O–H groups in total. The number of H-pyrrole nitrogens is 1. The van der Waals surface area contributed by atoms with Gasteiger partial charge in [-0.1, -0.05) is 24.3 Å². The first-order valence-corrected chi connectivity index (χ1v) is 11.3. The van der Waals surface area contributed by atoms with Crippen molar-refractivity contribution in [2.45, 2.75) is 25.8 Å². The van der Waals surface area contributed by atoms with E-state index in [1.807, 2.05) is 60.3 Å². The standard InChI is InChI=1S/C26H24FN5O2/c1-18-9-8-16-32(18,25(33)23-17-22(29-30-23)19-10-2-3-11-20(19)27)26(34)28-21-12-4-5-13-24(21)31-14-6-7-15-31/h2-7,10-15,17-18H,8-9,16H2,1H3,(H-,28,29,30,33,34)/p+1/t18-,32?/m1/s1. The minimum absolute atomic E-state index is 0.181. The molecule has 3 heterocycles. The molecule has 0 radical (unpaired) electrons. The van der Waals surface area contributed by atoms with E-state index in [1.165, 1.54) is 12.1 Å². The molecular weight excluding hydrogens is 433 g/mol. The molecule has 2 aromatic heterocycles. The van der Waals surface area contributed by atoms with Gasteiger partial charge < -0.3 is 4.57 Å². The molecule has 1 fully saturated rings. The van der Waals surface area contributed by atoms with Gasteiger partial charge >= 0.3 is 11.9 Å². The van der Waals surface area contributed by atoms with Gasteiger partial charge in [0.25, 0.3) is 0 Å². The second-order valence-electron chi connectivity index (χ2n) is 8.57. The summed E-state index contributed by atoms with van der Waals surface area (Å²) in [7, 11) is 0. The molecule has 3 amide bonds. The van der Waals surface area contributed by atoms with Crippen molar-refractivity contribution in [2.75, 3.05) is 11.9 Å². The number of anilines is 1. The fraction of sp³-hybridized carbons (Fsp3) is 0.192. The van der Waals surface area contributed by atoms with E-state index in [1.54, 1.807) is 18.2 Å². The van der Waals surface area contributed by atoms with Crippen molar-refractivity contribution in [1.82, 2.24) is 14.8 Å². The molecular formula is C26H25FN5O2+. The number of amides is 3. The summed E-state index contributed by atoms with van der Waals surface area (Å²) in [5.74, 6) is -0.804. The topological polar surface area (TPSA) is 79.8 Å². The number of quaternary nitrogens is 1. The van der Waals surface area contributed by atoms with Crippen molar-refractivity contribution >= 4 is 17.6 Å². The van der Waals surface area contributed by atoms with Crippen LogP contribution in [0, 0.1) is 5.82 Å². The summed E-state index contributed by atoms with van der Waals surface area (Å²) in [5.41, 5.74) is 2.22. The van der Waals surface area contributed by atoms with Crippen LogP contribution in [0.15, 0.2) is 79.1 Å². The molecule has 2 atom stereocenters. The van der Waals surface area contributed by atoms with Gasteiger partial charge in [0.2, 0.25) is 0 Å². The zero-order valence-electron chi connectivity index (χ0n) is 18.7. The quantitative estimate of drug-likeness (QED) is 0.403. The Bertz CT molecular complexity index is 1350. The first-order valence-electron chi connectivity index (χ1n) is 11.3. The molecule has 1 unspecified atom stereocenters. The number of nitrogens with one attached hydrogen (secondary N) is 2. The highest BCUT2D eigenvalue weighted by Crippen LogP contribution is 2.33. The van der Waals surface area contributed by atoms with Crippen LogP contribution in [0.25, 0.3) is 16.9 Å². The molecule has 0 spiro atoms. The molecule has 34 heavy (non-hydrogen) atoms. The molecule has 0 bridgehead atoms. The summed E-state index contributed by atoms with van der Waals surface area (Å²) in [6.45, 7) is 2.29.